The fraction of sp³-hybridized carbons (Fsp3) is 0.465. The van der Waals surface area contributed by atoms with E-state index in [0.29, 0.717) is 23.3 Å². The van der Waals surface area contributed by atoms with Crippen LogP contribution in [0.5, 0.6) is 0 Å². The monoisotopic (exact) mass is 841 g/mol. The Morgan fingerprint density at radius 2 is 1.56 bits per heavy atom. The van der Waals surface area contributed by atoms with Crippen LogP contribution < -0.4 is 15.5 Å². The largest absolute Gasteiger partial charge is 0.433 e. The number of aliphatic hydroxyl groups is 1. The molecule has 61 heavy (non-hydrogen) atoms. The first-order chi connectivity index (χ1) is 29.0. The Hall–Kier alpha value is -5.72. The van der Waals surface area contributed by atoms with Gasteiger partial charge in [-0.1, -0.05) is 6.07 Å². The Balaban J connectivity index is 0.772. The Morgan fingerprint density at radius 1 is 0.836 bits per heavy atom. The number of pyridine rings is 2. The smallest absolute Gasteiger partial charge is 0.386 e. The zero-order chi connectivity index (χ0) is 43.0. The van der Waals surface area contributed by atoms with Gasteiger partial charge < -0.3 is 19.7 Å². The predicted octanol–water partition coefficient (Wildman–Crippen LogP) is 4.16. The van der Waals surface area contributed by atoms with E-state index in [2.05, 4.69) is 30.3 Å². The summed E-state index contributed by atoms with van der Waals surface area (Å²) in [4.78, 5) is 80.4. The number of likely N-dealkylation sites (tertiary alicyclic amines) is 2. The molecule has 8 heterocycles. The SMILES string of the molecule is CC(C)(O)c1cc2nc(C3CCN(C4CN(C5CCN(c6ccc7c(c6)C(=O)N(C6CCC(=O)NC6=O)C7=O)CC5)C4)CC3)cn2cc1NC(=O)c1cccc(C(F)(F)F)n1. The summed E-state index contributed by atoms with van der Waals surface area (Å²) in [6.07, 6.45) is 2.81. The third kappa shape index (κ3) is 7.76. The number of carbonyl (C=O) groups is 5. The van der Waals surface area contributed by atoms with Gasteiger partial charge in [-0.2, -0.15) is 13.2 Å². The first-order valence-electron chi connectivity index (χ1n) is 20.7. The molecule has 0 radical (unpaired) electrons. The normalized spacial score (nSPS) is 21.6. The number of imide groups is 2. The van der Waals surface area contributed by atoms with Gasteiger partial charge in [-0.25, -0.2) is 9.97 Å². The Kier molecular flexibility index (Phi) is 10.2. The number of halogens is 3. The van der Waals surface area contributed by atoms with E-state index in [1.165, 1.54) is 6.07 Å². The molecule has 4 fully saturated rings. The number of rotatable bonds is 8. The maximum absolute atomic E-state index is 13.4. The van der Waals surface area contributed by atoms with E-state index < -0.39 is 58.7 Å². The van der Waals surface area contributed by atoms with Crippen LogP contribution in [0.3, 0.4) is 0 Å². The summed E-state index contributed by atoms with van der Waals surface area (Å²) in [7, 11) is 0. The van der Waals surface area contributed by atoms with Gasteiger partial charge in [0.15, 0.2) is 0 Å². The van der Waals surface area contributed by atoms with Crippen molar-refractivity contribution in [1.29, 1.82) is 0 Å². The van der Waals surface area contributed by atoms with Crippen molar-refractivity contribution in [3.63, 3.8) is 0 Å². The Morgan fingerprint density at radius 3 is 2.25 bits per heavy atom. The molecule has 18 heteroatoms. The number of benzene rings is 1. The highest BCUT2D eigenvalue weighted by Gasteiger charge is 2.45. The summed E-state index contributed by atoms with van der Waals surface area (Å²) in [5, 5.41) is 15.9. The van der Waals surface area contributed by atoms with Gasteiger partial charge >= 0.3 is 6.18 Å². The summed E-state index contributed by atoms with van der Waals surface area (Å²) in [6, 6.07) is 10.0. The van der Waals surface area contributed by atoms with Gasteiger partial charge in [0.1, 0.15) is 23.1 Å². The lowest BCUT2D eigenvalue weighted by Gasteiger charge is -2.52. The number of nitrogens with one attached hydrogen (secondary N) is 2. The molecule has 4 aromatic rings. The minimum absolute atomic E-state index is 0.0752. The van der Waals surface area contributed by atoms with E-state index in [1.54, 1.807) is 42.6 Å². The zero-order valence-corrected chi connectivity index (χ0v) is 33.7. The number of amides is 5. The Bertz CT molecular complexity index is 2440. The number of piperidine rings is 3. The van der Waals surface area contributed by atoms with Crippen molar-refractivity contribution in [3.8, 4) is 0 Å². The summed E-state index contributed by atoms with van der Waals surface area (Å²) in [5.74, 6) is -2.66. The van der Waals surface area contributed by atoms with Gasteiger partial charge in [0, 0.05) is 74.2 Å². The fourth-order valence-electron chi connectivity index (χ4n) is 9.48. The average Bonchev–Trinajstić information content (AvgIpc) is 3.74. The molecule has 1 aromatic carbocycles. The molecule has 0 spiro atoms. The number of alkyl halides is 3. The minimum atomic E-state index is -4.70. The summed E-state index contributed by atoms with van der Waals surface area (Å²) in [6.45, 7) is 8.60. The van der Waals surface area contributed by atoms with Gasteiger partial charge in [0.25, 0.3) is 17.7 Å². The van der Waals surface area contributed by atoms with Crippen LogP contribution in [0, 0.1) is 0 Å². The molecule has 5 aliphatic heterocycles. The van der Waals surface area contributed by atoms with Crippen LogP contribution in [-0.4, -0.2) is 121 Å². The van der Waals surface area contributed by atoms with Crippen LogP contribution >= 0.6 is 0 Å². The molecule has 9 rings (SSSR count). The number of imidazole rings is 1. The summed E-state index contributed by atoms with van der Waals surface area (Å²) < 4.78 is 41.5. The van der Waals surface area contributed by atoms with Crippen LogP contribution in [0.2, 0.25) is 0 Å². The highest BCUT2D eigenvalue weighted by atomic mass is 19.4. The average molecular weight is 842 g/mol. The molecule has 5 aliphatic rings. The Labute approximate surface area is 348 Å². The molecule has 320 valence electrons. The molecule has 3 N–H and O–H groups in total. The molecular formula is C43H46F3N9O6. The van der Waals surface area contributed by atoms with E-state index in [0.717, 1.165) is 93.4 Å². The van der Waals surface area contributed by atoms with Crippen molar-refractivity contribution in [2.75, 3.05) is 49.5 Å². The second kappa shape index (κ2) is 15.3. The lowest BCUT2D eigenvalue weighted by molar-refractivity contribution is -0.141. The predicted molar refractivity (Wildman–Crippen MR) is 215 cm³/mol. The number of fused-ring (bicyclic) bond motifs is 2. The number of hydrogen-bond donors (Lipinski definition) is 3. The van der Waals surface area contributed by atoms with Crippen molar-refractivity contribution < 1.29 is 42.3 Å². The topological polar surface area (TPSA) is 173 Å². The van der Waals surface area contributed by atoms with Gasteiger partial charge in [0.05, 0.1) is 28.1 Å². The molecule has 0 aliphatic carbocycles. The highest BCUT2D eigenvalue weighted by Crippen LogP contribution is 2.36. The van der Waals surface area contributed by atoms with Gasteiger partial charge in [-0.15, -0.1) is 0 Å². The minimum Gasteiger partial charge on any atom is -0.386 e. The molecule has 3 aromatic heterocycles. The van der Waals surface area contributed by atoms with Crippen LogP contribution in [0.1, 0.15) is 106 Å². The van der Waals surface area contributed by atoms with Crippen molar-refractivity contribution in [3.05, 3.63) is 88.6 Å². The number of nitrogens with zero attached hydrogens (tertiary/aromatic N) is 7. The molecule has 1 atom stereocenters. The first kappa shape index (κ1) is 40.7. The maximum atomic E-state index is 13.4. The van der Waals surface area contributed by atoms with E-state index in [-0.39, 0.29) is 35.6 Å². The summed E-state index contributed by atoms with van der Waals surface area (Å²) in [5.41, 5.74) is 0.559. The molecular weight excluding hydrogens is 796 g/mol. The lowest BCUT2D eigenvalue weighted by Crippen LogP contribution is -2.64. The third-order valence-corrected chi connectivity index (χ3v) is 12.9. The molecule has 5 amide bonds. The van der Waals surface area contributed by atoms with Crippen molar-refractivity contribution in [2.24, 2.45) is 0 Å². The third-order valence-electron chi connectivity index (χ3n) is 12.9. The van der Waals surface area contributed by atoms with Crippen molar-refractivity contribution >= 4 is 46.6 Å². The van der Waals surface area contributed by atoms with E-state index in [1.807, 2.05) is 12.3 Å². The second-order valence-corrected chi connectivity index (χ2v) is 17.3. The van der Waals surface area contributed by atoms with E-state index in [9.17, 15) is 42.3 Å². The number of carbonyl (C=O) groups excluding carboxylic acids is 5. The molecule has 1 unspecified atom stereocenters. The van der Waals surface area contributed by atoms with Crippen LogP contribution in [0.4, 0.5) is 24.5 Å². The van der Waals surface area contributed by atoms with Crippen LogP contribution in [0.15, 0.2) is 54.9 Å². The number of hydrogen-bond acceptors (Lipinski definition) is 11. The number of aromatic nitrogens is 3. The fourth-order valence-corrected chi connectivity index (χ4v) is 9.48. The lowest BCUT2D eigenvalue weighted by atomic mass is 9.91. The quantitative estimate of drug-likeness (QED) is 0.218. The van der Waals surface area contributed by atoms with Crippen LogP contribution in [0.25, 0.3) is 5.65 Å². The molecule has 15 nitrogen and oxygen atoms in total. The van der Waals surface area contributed by atoms with Crippen molar-refractivity contribution in [1.82, 2.24) is 34.4 Å². The van der Waals surface area contributed by atoms with Gasteiger partial charge in [-0.05, 0) is 95.4 Å². The number of anilines is 2. The van der Waals surface area contributed by atoms with Gasteiger partial charge in [0.2, 0.25) is 11.8 Å². The molecule has 0 saturated carbocycles. The van der Waals surface area contributed by atoms with Crippen molar-refractivity contribution in [2.45, 2.75) is 88.2 Å². The van der Waals surface area contributed by atoms with E-state index >= 15 is 0 Å². The standard InChI is InChI=1S/C43H46F3N9O6/c1-42(2,61)30-19-36-48-32(22-54(36)23-33(30)49-38(57)31-4-3-5-35(47-31)43(44,45)46)24-10-14-52(15-11-24)27-20-53(21-27)25-12-16-51(17-13-25)26-6-7-28-29(18-26)41(60)55(40(28)59)34-8-9-37(56)50-39(34)58/h3-7,18-19,22-25,27,34,61H,8-17,20-21H2,1-2H3,(H,49,57)(H,50,56,58). The van der Waals surface area contributed by atoms with E-state index in [4.69, 9.17) is 4.98 Å². The second-order valence-electron chi connectivity index (χ2n) is 17.3. The van der Waals surface area contributed by atoms with Gasteiger partial charge in [-0.3, -0.25) is 44.0 Å². The molecule has 4 saturated heterocycles. The van der Waals surface area contributed by atoms with Crippen LogP contribution in [-0.2, 0) is 21.4 Å². The molecule has 0 bridgehead atoms. The zero-order valence-electron chi connectivity index (χ0n) is 33.7. The maximum Gasteiger partial charge on any atom is 0.433 e. The first-order valence-corrected chi connectivity index (χ1v) is 20.7. The summed E-state index contributed by atoms with van der Waals surface area (Å²) >= 11 is 0. The highest BCUT2D eigenvalue weighted by molar-refractivity contribution is 6.23.